The molecule has 1 amide bonds. The highest BCUT2D eigenvalue weighted by atomic mass is 127. The number of amides is 1. The Morgan fingerprint density at radius 1 is 1.27 bits per heavy atom. The third-order valence-corrected chi connectivity index (χ3v) is 4.96. The highest BCUT2D eigenvalue weighted by molar-refractivity contribution is 14.0. The summed E-state index contributed by atoms with van der Waals surface area (Å²) in [5.41, 5.74) is 2.43. The second-order valence-electron chi connectivity index (χ2n) is 7.46. The fourth-order valence-corrected chi connectivity index (χ4v) is 3.08. The first-order valence-corrected chi connectivity index (χ1v) is 10.1. The lowest BCUT2D eigenvalue weighted by molar-refractivity contribution is -0.123. The van der Waals surface area contributed by atoms with Gasteiger partial charge in [0.2, 0.25) is 0 Å². The molecule has 0 bridgehead atoms. The van der Waals surface area contributed by atoms with Gasteiger partial charge in [0, 0.05) is 45.6 Å². The molecule has 1 aliphatic carbocycles. The van der Waals surface area contributed by atoms with Gasteiger partial charge in [-0.05, 0) is 49.1 Å². The van der Waals surface area contributed by atoms with Gasteiger partial charge in [0.1, 0.15) is 5.75 Å². The van der Waals surface area contributed by atoms with E-state index in [1.165, 1.54) is 11.3 Å². The number of nitrogens with one attached hydrogen (secondary N) is 2. The maximum atomic E-state index is 11.7. The molecule has 7 nitrogen and oxygen atoms in total. The van der Waals surface area contributed by atoms with Gasteiger partial charge in [0.05, 0.1) is 6.54 Å². The van der Waals surface area contributed by atoms with Crippen LogP contribution in [0.5, 0.6) is 5.75 Å². The van der Waals surface area contributed by atoms with E-state index >= 15 is 0 Å². The number of halogens is 1. The molecule has 0 aliphatic heterocycles. The summed E-state index contributed by atoms with van der Waals surface area (Å²) in [6.45, 7) is 1.65. The van der Waals surface area contributed by atoms with Crippen molar-refractivity contribution in [2.45, 2.75) is 31.8 Å². The Morgan fingerprint density at radius 3 is 2.60 bits per heavy atom. The minimum Gasteiger partial charge on any atom is -0.484 e. The van der Waals surface area contributed by atoms with Crippen LogP contribution in [0.1, 0.15) is 24.1 Å². The number of aromatic nitrogens is 1. The van der Waals surface area contributed by atoms with Gasteiger partial charge in [0.15, 0.2) is 12.6 Å². The summed E-state index contributed by atoms with van der Waals surface area (Å²) in [5.74, 6) is 1.53. The van der Waals surface area contributed by atoms with E-state index in [2.05, 4.69) is 31.2 Å². The van der Waals surface area contributed by atoms with Crippen molar-refractivity contribution in [2.24, 2.45) is 12.0 Å². The van der Waals surface area contributed by atoms with Crippen LogP contribution in [-0.2, 0) is 24.8 Å². The second kappa shape index (κ2) is 11.8. The van der Waals surface area contributed by atoms with Crippen LogP contribution in [0, 0.1) is 0 Å². The molecule has 1 fully saturated rings. The number of nitrogens with zero attached hydrogens (tertiary/aromatic N) is 3. The Kier molecular flexibility index (Phi) is 9.48. The van der Waals surface area contributed by atoms with Crippen molar-refractivity contribution in [1.29, 1.82) is 0 Å². The van der Waals surface area contributed by atoms with E-state index in [0.29, 0.717) is 11.8 Å². The Balaban J connectivity index is 0.00000320. The number of rotatable bonds is 9. The zero-order chi connectivity index (χ0) is 20.6. The van der Waals surface area contributed by atoms with Gasteiger partial charge in [-0.15, -0.1) is 24.0 Å². The lowest BCUT2D eigenvalue weighted by Gasteiger charge is -2.22. The van der Waals surface area contributed by atoms with Gasteiger partial charge in [-0.3, -0.25) is 9.79 Å². The Labute approximate surface area is 195 Å². The number of carbonyl (C=O) groups is 1. The van der Waals surface area contributed by atoms with Crippen LogP contribution in [0.25, 0.3) is 0 Å². The van der Waals surface area contributed by atoms with E-state index < -0.39 is 0 Å². The molecule has 0 unspecified atom stereocenters. The quantitative estimate of drug-likeness (QED) is 0.300. The second-order valence-corrected chi connectivity index (χ2v) is 7.46. The first-order chi connectivity index (χ1) is 14.0. The minimum absolute atomic E-state index is 0. The van der Waals surface area contributed by atoms with Crippen molar-refractivity contribution in [1.82, 2.24) is 20.1 Å². The molecule has 1 aromatic heterocycles. The lowest BCUT2D eigenvalue weighted by Crippen LogP contribution is -2.39. The summed E-state index contributed by atoms with van der Waals surface area (Å²) in [7, 11) is 5.88. The summed E-state index contributed by atoms with van der Waals surface area (Å²) in [5, 5.41) is 6.33. The standard InChI is InChI=1S/C22H31N5O2.HI/c1-23-22(27(3)15-19-5-4-14-26(19)2)24-13-12-17-6-10-20(11-7-17)29-16-21(28)25-18-8-9-18;/h4-7,10-11,14,18H,8-9,12-13,15-16H2,1-3H3,(H,23,24)(H,25,28);1H. The van der Waals surface area contributed by atoms with Gasteiger partial charge < -0.3 is 24.8 Å². The molecule has 2 aromatic rings. The van der Waals surface area contributed by atoms with Crippen molar-refractivity contribution >= 4 is 35.8 Å². The number of aliphatic imine (C=N–C) groups is 1. The third kappa shape index (κ3) is 7.55. The number of guanidine groups is 1. The molecule has 3 rings (SSSR count). The molecule has 1 saturated carbocycles. The van der Waals surface area contributed by atoms with Crippen LogP contribution in [-0.4, -0.2) is 54.6 Å². The maximum Gasteiger partial charge on any atom is 0.258 e. The van der Waals surface area contributed by atoms with Crippen molar-refractivity contribution in [3.05, 3.63) is 53.9 Å². The summed E-state index contributed by atoms with van der Waals surface area (Å²) >= 11 is 0. The fraction of sp³-hybridized carbons (Fsp3) is 0.455. The molecule has 8 heteroatoms. The first kappa shape index (κ1) is 24.0. The number of hydrogen-bond donors (Lipinski definition) is 2. The zero-order valence-corrected chi connectivity index (χ0v) is 20.3. The normalized spacial score (nSPS) is 13.4. The SMILES string of the molecule is CN=C(NCCc1ccc(OCC(=O)NC2CC2)cc1)N(C)Cc1cccn1C.I. The highest BCUT2D eigenvalue weighted by Gasteiger charge is 2.23. The largest absolute Gasteiger partial charge is 0.484 e. The Hall–Kier alpha value is -2.23. The van der Waals surface area contributed by atoms with E-state index in [-0.39, 0.29) is 36.5 Å². The molecule has 1 aliphatic rings. The van der Waals surface area contributed by atoms with Crippen LogP contribution in [0.2, 0.25) is 0 Å². The highest BCUT2D eigenvalue weighted by Crippen LogP contribution is 2.18. The molecule has 30 heavy (non-hydrogen) atoms. The van der Waals surface area contributed by atoms with Gasteiger partial charge in [0.25, 0.3) is 5.91 Å². The number of benzene rings is 1. The van der Waals surface area contributed by atoms with Crippen molar-refractivity contribution in [3.63, 3.8) is 0 Å². The van der Waals surface area contributed by atoms with Crippen LogP contribution in [0.15, 0.2) is 47.6 Å². The number of carbonyl (C=O) groups excluding carboxylic acids is 1. The predicted octanol–water partition coefficient (Wildman–Crippen LogP) is 2.55. The smallest absolute Gasteiger partial charge is 0.258 e. The molecular formula is C22H32IN5O2. The van der Waals surface area contributed by atoms with E-state index in [1.54, 1.807) is 7.05 Å². The number of aryl methyl sites for hydroxylation is 1. The Bertz CT molecular complexity index is 830. The van der Waals surface area contributed by atoms with Gasteiger partial charge in [-0.2, -0.15) is 0 Å². The van der Waals surface area contributed by atoms with Crippen molar-refractivity contribution < 1.29 is 9.53 Å². The summed E-state index contributed by atoms with van der Waals surface area (Å²) in [6.07, 6.45) is 5.09. The lowest BCUT2D eigenvalue weighted by atomic mass is 10.1. The van der Waals surface area contributed by atoms with Crippen LogP contribution >= 0.6 is 24.0 Å². The molecule has 164 valence electrons. The first-order valence-electron chi connectivity index (χ1n) is 10.1. The average molecular weight is 525 g/mol. The predicted molar refractivity (Wildman–Crippen MR) is 130 cm³/mol. The topological polar surface area (TPSA) is 70.9 Å². The molecule has 0 atom stereocenters. The fourth-order valence-electron chi connectivity index (χ4n) is 3.08. The van der Waals surface area contributed by atoms with Crippen molar-refractivity contribution in [2.75, 3.05) is 27.2 Å². The number of ether oxygens (including phenoxy) is 1. The molecule has 2 N–H and O–H groups in total. The molecule has 0 radical (unpaired) electrons. The molecule has 0 saturated heterocycles. The van der Waals surface area contributed by atoms with E-state index in [0.717, 1.165) is 38.3 Å². The molecule has 0 spiro atoms. The van der Waals surface area contributed by atoms with Gasteiger partial charge >= 0.3 is 0 Å². The third-order valence-electron chi connectivity index (χ3n) is 4.96. The van der Waals surface area contributed by atoms with E-state index in [9.17, 15) is 4.79 Å². The maximum absolute atomic E-state index is 11.7. The Morgan fingerprint density at radius 2 is 2.00 bits per heavy atom. The summed E-state index contributed by atoms with van der Waals surface area (Å²) in [6, 6.07) is 12.4. The summed E-state index contributed by atoms with van der Waals surface area (Å²) in [4.78, 5) is 18.2. The monoisotopic (exact) mass is 525 g/mol. The number of hydrogen-bond acceptors (Lipinski definition) is 3. The summed E-state index contributed by atoms with van der Waals surface area (Å²) < 4.78 is 7.66. The molecule has 1 heterocycles. The average Bonchev–Trinajstić information content (AvgIpc) is 3.44. The minimum atomic E-state index is -0.0494. The molecule has 1 aromatic carbocycles. The van der Waals surface area contributed by atoms with E-state index in [1.807, 2.05) is 50.6 Å². The van der Waals surface area contributed by atoms with Crippen LogP contribution in [0.4, 0.5) is 0 Å². The van der Waals surface area contributed by atoms with Crippen molar-refractivity contribution in [3.8, 4) is 5.75 Å². The molecular weight excluding hydrogens is 493 g/mol. The van der Waals surface area contributed by atoms with Crippen LogP contribution < -0.4 is 15.4 Å². The van der Waals surface area contributed by atoms with Gasteiger partial charge in [-0.25, -0.2) is 0 Å². The zero-order valence-electron chi connectivity index (χ0n) is 17.9. The van der Waals surface area contributed by atoms with Gasteiger partial charge in [-0.1, -0.05) is 12.1 Å². The van der Waals surface area contributed by atoms with Crippen LogP contribution in [0.3, 0.4) is 0 Å². The van der Waals surface area contributed by atoms with E-state index in [4.69, 9.17) is 4.74 Å².